The molecule has 11 heteroatoms. The number of carbonyl (C=O) groups excluding carboxylic acids is 5. The van der Waals surface area contributed by atoms with Crippen LogP contribution in [0, 0.1) is 17.8 Å². The third-order valence-electron chi connectivity index (χ3n) is 7.42. The van der Waals surface area contributed by atoms with Gasteiger partial charge in [0.1, 0.15) is 30.2 Å². The van der Waals surface area contributed by atoms with Gasteiger partial charge in [0.05, 0.1) is 0 Å². The smallest absolute Gasteiger partial charge is 0.243 e. The summed E-state index contributed by atoms with van der Waals surface area (Å²) in [4.78, 5) is 68.1. The molecule has 0 aliphatic carbocycles. The van der Waals surface area contributed by atoms with Gasteiger partial charge in [-0.2, -0.15) is 0 Å². The highest BCUT2D eigenvalue weighted by Crippen LogP contribution is 2.13. The van der Waals surface area contributed by atoms with Crippen molar-refractivity contribution < 1.29 is 24.0 Å². The lowest BCUT2D eigenvalue weighted by atomic mass is 9.98. The minimum Gasteiger partial charge on any atom is -0.343 e. The first-order valence-corrected chi connectivity index (χ1v) is 15.6. The maximum atomic E-state index is 13.8. The summed E-state index contributed by atoms with van der Waals surface area (Å²) in [6.07, 6.45) is 2.38. The third kappa shape index (κ3) is 12.0. The van der Waals surface area contributed by atoms with Gasteiger partial charge in [-0.3, -0.25) is 24.0 Å². The Balaban J connectivity index is 2.57. The summed E-state index contributed by atoms with van der Waals surface area (Å²) in [6.45, 7) is 11.8. The molecule has 1 fully saturated rings. The summed E-state index contributed by atoms with van der Waals surface area (Å²) in [7, 11) is 0. The molecule has 1 aromatic carbocycles. The second-order valence-corrected chi connectivity index (χ2v) is 12.7. The lowest BCUT2D eigenvalue weighted by Crippen LogP contribution is -2.59. The molecule has 1 aliphatic heterocycles. The average Bonchev–Trinajstić information content (AvgIpc) is 2.93. The average molecular weight is 601 g/mol. The van der Waals surface area contributed by atoms with Gasteiger partial charge in [0.2, 0.25) is 29.5 Å². The summed E-state index contributed by atoms with van der Waals surface area (Å²) >= 11 is 0. The van der Waals surface area contributed by atoms with Crippen molar-refractivity contribution in [3.63, 3.8) is 0 Å². The van der Waals surface area contributed by atoms with Crippen LogP contribution in [0.2, 0.25) is 0 Å². The van der Waals surface area contributed by atoms with Crippen LogP contribution in [-0.4, -0.2) is 66.3 Å². The first-order chi connectivity index (χ1) is 20.3. The number of benzene rings is 1. The van der Waals surface area contributed by atoms with Gasteiger partial charge in [-0.05, 0) is 62.0 Å². The highest BCUT2D eigenvalue weighted by Gasteiger charge is 2.35. The van der Waals surface area contributed by atoms with Crippen molar-refractivity contribution in [3.05, 3.63) is 35.9 Å². The zero-order valence-corrected chi connectivity index (χ0v) is 26.6. The fourth-order valence-electron chi connectivity index (χ4n) is 5.09. The number of nitrogens with one attached hydrogen (secondary N) is 5. The van der Waals surface area contributed by atoms with Crippen molar-refractivity contribution in [2.45, 2.75) is 110 Å². The predicted molar refractivity (Wildman–Crippen MR) is 166 cm³/mol. The lowest BCUT2D eigenvalue weighted by Gasteiger charge is -2.28. The molecule has 1 aromatic rings. The standard InChI is InChI=1S/C32H52N6O5/c1-19(2)16-24-29(40)36-26(18-22-12-8-7-9-13-22)30(41)34-23(14-10-11-15-33)28(39)35-25(17-20(3)4)31(42)38-27(21(5)6)32(43)37-24/h7-9,12-13,19-21,23-27H,10-11,14-18,33H2,1-6H3,(H,34,41)(H,35,39)(H,36,40)(H,37,43)(H,38,42)/t23-,24-,25-,26-,27+/m0/s1. The molecule has 0 saturated carbocycles. The highest BCUT2D eigenvalue weighted by molar-refractivity contribution is 5.98. The van der Waals surface area contributed by atoms with E-state index in [-0.39, 0.29) is 24.2 Å². The summed E-state index contributed by atoms with van der Waals surface area (Å²) in [5.41, 5.74) is 6.51. The highest BCUT2D eigenvalue weighted by atomic mass is 16.2. The first kappa shape index (κ1) is 35.7. The molecule has 1 heterocycles. The van der Waals surface area contributed by atoms with Crippen LogP contribution in [0.5, 0.6) is 0 Å². The maximum Gasteiger partial charge on any atom is 0.243 e. The van der Waals surface area contributed by atoms with Gasteiger partial charge in [0.15, 0.2) is 0 Å². The Morgan fingerprint density at radius 2 is 1.07 bits per heavy atom. The minimum absolute atomic E-state index is 0.0517. The van der Waals surface area contributed by atoms with E-state index in [4.69, 9.17) is 5.73 Å². The van der Waals surface area contributed by atoms with E-state index in [9.17, 15) is 24.0 Å². The second-order valence-electron chi connectivity index (χ2n) is 12.7. The second kappa shape index (κ2) is 17.6. The Morgan fingerprint density at radius 3 is 1.60 bits per heavy atom. The predicted octanol–water partition coefficient (Wildman–Crippen LogP) is 1.54. The normalized spacial score (nSPS) is 24.5. The monoisotopic (exact) mass is 600 g/mol. The van der Waals surface area contributed by atoms with Crippen LogP contribution in [-0.2, 0) is 30.4 Å². The molecule has 0 radical (unpaired) electrons. The van der Waals surface area contributed by atoms with E-state index in [1.54, 1.807) is 13.8 Å². The number of rotatable bonds is 11. The van der Waals surface area contributed by atoms with E-state index in [1.165, 1.54) is 0 Å². The molecule has 0 unspecified atom stereocenters. The number of nitrogens with two attached hydrogens (primary N) is 1. The number of hydrogen-bond acceptors (Lipinski definition) is 6. The van der Waals surface area contributed by atoms with E-state index in [2.05, 4.69) is 26.6 Å². The van der Waals surface area contributed by atoms with Gasteiger partial charge < -0.3 is 32.3 Å². The SMILES string of the molecule is CC(C)C[C@@H]1NC(=O)[C@H](CCCCN)NC(=O)[C@H](Cc2ccccc2)NC(=O)[C@H](CC(C)C)NC(=O)[C@@H](C(C)C)NC1=O. The van der Waals surface area contributed by atoms with E-state index in [0.29, 0.717) is 38.6 Å². The number of unbranched alkanes of at least 4 members (excludes halogenated alkanes) is 1. The Hall–Kier alpha value is -3.47. The molecule has 11 nitrogen and oxygen atoms in total. The molecule has 5 atom stereocenters. The Morgan fingerprint density at radius 1 is 0.605 bits per heavy atom. The van der Waals surface area contributed by atoms with Crippen molar-refractivity contribution >= 4 is 29.5 Å². The largest absolute Gasteiger partial charge is 0.343 e. The molecule has 0 bridgehead atoms. The number of carbonyl (C=O) groups is 5. The Bertz CT molecular complexity index is 1080. The van der Waals surface area contributed by atoms with Gasteiger partial charge in [-0.1, -0.05) is 71.9 Å². The van der Waals surface area contributed by atoms with Crippen molar-refractivity contribution in [3.8, 4) is 0 Å². The molecule has 7 N–H and O–H groups in total. The molecule has 43 heavy (non-hydrogen) atoms. The van der Waals surface area contributed by atoms with Gasteiger partial charge >= 0.3 is 0 Å². The molecular formula is C32H52N6O5. The molecule has 0 aromatic heterocycles. The summed E-state index contributed by atoms with van der Waals surface area (Å²) < 4.78 is 0. The van der Waals surface area contributed by atoms with Crippen LogP contribution >= 0.6 is 0 Å². The molecule has 1 aliphatic rings. The van der Waals surface area contributed by atoms with Gasteiger partial charge in [-0.15, -0.1) is 0 Å². The van der Waals surface area contributed by atoms with Crippen molar-refractivity contribution in [2.75, 3.05) is 6.54 Å². The lowest BCUT2D eigenvalue weighted by molar-refractivity contribution is -0.135. The zero-order chi connectivity index (χ0) is 32.1. The van der Waals surface area contributed by atoms with Crippen LogP contribution < -0.4 is 32.3 Å². The molecule has 0 spiro atoms. The topological polar surface area (TPSA) is 172 Å². The maximum absolute atomic E-state index is 13.8. The minimum atomic E-state index is -1.01. The van der Waals surface area contributed by atoms with E-state index >= 15 is 0 Å². The summed E-state index contributed by atoms with van der Waals surface area (Å²) in [5.74, 6) is -2.73. The van der Waals surface area contributed by atoms with Gasteiger partial charge in [0, 0.05) is 6.42 Å². The fraction of sp³-hybridized carbons (Fsp3) is 0.656. The van der Waals surface area contributed by atoms with Crippen molar-refractivity contribution in [1.82, 2.24) is 26.6 Å². The van der Waals surface area contributed by atoms with Gasteiger partial charge in [-0.25, -0.2) is 0 Å². The van der Waals surface area contributed by atoms with Crippen molar-refractivity contribution in [2.24, 2.45) is 23.5 Å². The number of hydrogen-bond donors (Lipinski definition) is 6. The summed E-state index contributed by atoms with van der Waals surface area (Å²) in [5, 5.41) is 14.2. The Kier molecular flexibility index (Phi) is 14.6. The molecule has 2 rings (SSSR count). The van der Waals surface area contributed by atoms with Crippen LogP contribution in [0.3, 0.4) is 0 Å². The first-order valence-electron chi connectivity index (χ1n) is 15.6. The van der Waals surface area contributed by atoms with Crippen LogP contribution in [0.25, 0.3) is 0 Å². The van der Waals surface area contributed by atoms with E-state index in [0.717, 1.165) is 5.56 Å². The van der Waals surface area contributed by atoms with E-state index in [1.807, 2.05) is 58.0 Å². The quantitative estimate of drug-likeness (QED) is 0.210. The van der Waals surface area contributed by atoms with E-state index < -0.39 is 59.7 Å². The number of amides is 5. The Labute approximate surface area is 256 Å². The molecule has 240 valence electrons. The van der Waals surface area contributed by atoms with Crippen molar-refractivity contribution in [1.29, 1.82) is 0 Å². The van der Waals surface area contributed by atoms with Crippen LogP contribution in [0.15, 0.2) is 30.3 Å². The van der Waals surface area contributed by atoms with Crippen LogP contribution in [0.4, 0.5) is 0 Å². The van der Waals surface area contributed by atoms with Crippen LogP contribution in [0.1, 0.15) is 79.2 Å². The molecule has 1 saturated heterocycles. The molecule has 5 amide bonds. The summed E-state index contributed by atoms with van der Waals surface area (Å²) in [6, 6.07) is 4.50. The fourth-order valence-corrected chi connectivity index (χ4v) is 5.09. The molecular weight excluding hydrogens is 548 g/mol. The third-order valence-corrected chi connectivity index (χ3v) is 7.42. The zero-order valence-electron chi connectivity index (χ0n) is 26.6. The van der Waals surface area contributed by atoms with Gasteiger partial charge in [0.25, 0.3) is 0 Å².